The van der Waals surface area contributed by atoms with E-state index in [0.717, 1.165) is 0 Å². The molecule has 0 aromatic heterocycles. The number of carbonyl (C=O) groups excluding carboxylic acids is 2. The average molecular weight is 153 g/mol. The zero-order valence-electron chi connectivity index (χ0n) is 4.72. The SMILES string of the molecule is CC(=O)OCOC(=O)Cl. The van der Waals surface area contributed by atoms with Gasteiger partial charge in [0.1, 0.15) is 0 Å². The van der Waals surface area contributed by atoms with Gasteiger partial charge in [0.2, 0.25) is 6.79 Å². The third kappa shape index (κ3) is 7.23. The van der Waals surface area contributed by atoms with Gasteiger partial charge in [-0.25, -0.2) is 4.79 Å². The van der Waals surface area contributed by atoms with Gasteiger partial charge in [0.15, 0.2) is 0 Å². The number of carbonyl (C=O) groups is 2. The Morgan fingerprint density at radius 2 is 2.00 bits per heavy atom. The van der Waals surface area contributed by atoms with Crippen LogP contribution < -0.4 is 0 Å². The van der Waals surface area contributed by atoms with Crippen molar-refractivity contribution in [3.05, 3.63) is 0 Å². The Bertz CT molecular complexity index is 108. The summed E-state index contributed by atoms with van der Waals surface area (Å²) in [6.07, 6.45) is 0. The van der Waals surface area contributed by atoms with E-state index < -0.39 is 18.2 Å². The molecule has 0 saturated heterocycles. The summed E-state index contributed by atoms with van der Waals surface area (Å²) < 4.78 is 8.22. The van der Waals surface area contributed by atoms with Crippen LogP contribution in [0.2, 0.25) is 0 Å². The van der Waals surface area contributed by atoms with Gasteiger partial charge in [0.25, 0.3) is 0 Å². The molecule has 0 spiro atoms. The van der Waals surface area contributed by atoms with Crippen LogP contribution in [0, 0.1) is 0 Å². The first kappa shape index (κ1) is 8.23. The Hall–Kier alpha value is -0.770. The maximum Gasteiger partial charge on any atom is 0.406 e. The molecule has 0 unspecified atom stereocenters. The molecule has 0 rings (SSSR count). The monoisotopic (exact) mass is 152 g/mol. The van der Waals surface area contributed by atoms with Crippen LogP contribution in [0.25, 0.3) is 0 Å². The summed E-state index contributed by atoms with van der Waals surface area (Å²) in [5.41, 5.74) is -0.990. The van der Waals surface area contributed by atoms with E-state index in [1.165, 1.54) is 6.92 Å². The summed E-state index contributed by atoms with van der Waals surface area (Å²) in [6.45, 7) is 0.778. The summed E-state index contributed by atoms with van der Waals surface area (Å²) in [5, 5.41) is 0. The molecule has 0 atom stereocenters. The van der Waals surface area contributed by atoms with Crippen molar-refractivity contribution in [3.8, 4) is 0 Å². The summed E-state index contributed by atoms with van der Waals surface area (Å²) >= 11 is 4.71. The van der Waals surface area contributed by atoms with Crippen molar-refractivity contribution < 1.29 is 19.1 Å². The van der Waals surface area contributed by atoms with E-state index in [9.17, 15) is 9.59 Å². The molecule has 0 N–H and O–H groups in total. The van der Waals surface area contributed by atoms with Crippen molar-refractivity contribution in [2.24, 2.45) is 0 Å². The van der Waals surface area contributed by atoms with Gasteiger partial charge in [-0.2, -0.15) is 0 Å². The Balaban J connectivity index is 3.10. The number of hydrogen-bond donors (Lipinski definition) is 0. The van der Waals surface area contributed by atoms with E-state index in [2.05, 4.69) is 9.47 Å². The van der Waals surface area contributed by atoms with E-state index >= 15 is 0 Å². The lowest BCUT2D eigenvalue weighted by Crippen LogP contribution is -2.05. The largest absolute Gasteiger partial charge is 0.428 e. The zero-order chi connectivity index (χ0) is 7.28. The molecule has 0 aliphatic carbocycles. The molecule has 0 amide bonds. The molecular weight excluding hydrogens is 147 g/mol. The minimum Gasteiger partial charge on any atom is -0.428 e. The van der Waals surface area contributed by atoms with Crippen molar-refractivity contribution >= 4 is 23.0 Å². The van der Waals surface area contributed by atoms with Gasteiger partial charge in [-0.1, -0.05) is 0 Å². The smallest absolute Gasteiger partial charge is 0.406 e. The number of hydrogen-bond acceptors (Lipinski definition) is 4. The highest BCUT2D eigenvalue weighted by molar-refractivity contribution is 6.61. The molecule has 0 aromatic carbocycles. The topological polar surface area (TPSA) is 52.6 Å². The van der Waals surface area contributed by atoms with Gasteiger partial charge in [-0.3, -0.25) is 4.79 Å². The van der Waals surface area contributed by atoms with Gasteiger partial charge in [-0.05, 0) is 0 Å². The van der Waals surface area contributed by atoms with Crippen LogP contribution in [0.1, 0.15) is 6.92 Å². The van der Waals surface area contributed by atoms with E-state index in [0.29, 0.717) is 0 Å². The van der Waals surface area contributed by atoms with Crippen LogP contribution in [-0.2, 0) is 14.3 Å². The highest BCUT2D eigenvalue weighted by Crippen LogP contribution is 1.86. The minimum atomic E-state index is -0.990. The minimum absolute atomic E-state index is 0.419. The first-order valence-corrected chi connectivity index (χ1v) is 2.46. The first-order valence-electron chi connectivity index (χ1n) is 2.08. The Kier molecular flexibility index (Phi) is 3.79. The summed E-state index contributed by atoms with van der Waals surface area (Å²) in [7, 11) is 0. The van der Waals surface area contributed by atoms with Gasteiger partial charge in [0, 0.05) is 18.5 Å². The van der Waals surface area contributed by atoms with Crippen LogP contribution in [0.3, 0.4) is 0 Å². The van der Waals surface area contributed by atoms with Crippen molar-refractivity contribution in [1.82, 2.24) is 0 Å². The Morgan fingerprint density at radius 1 is 1.44 bits per heavy atom. The predicted octanol–water partition coefficient (Wildman–Crippen LogP) is 0.882. The van der Waals surface area contributed by atoms with Crippen LogP contribution >= 0.6 is 11.6 Å². The second kappa shape index (κ2) is 4.14. The van der Waals surface area contributed by atoms with Crippen molar-refractivity contribution in [2.45, 2.75) is 6.92 Å². The Morgan fingerprint density at radius 3 is 2.33 bits per heavy atom. The second-order valence-corrected chi connectivity index (χ2v) is 1.44. The fourth-order valence-electron chi connectivity index (χ4n) is 0.159. The zero-order valence-corrected chi connectivity index (χ0v) is 5.47. The fraction of sp³-hybridized carbons (Fsp3) is 0.500. The molecule has 52 valence electrons. The molecule has 4 nitrogen and oxygen atoms in total. The quantitative estimate of drug-likeness (QED) is 0.335. The van der Waals surface area contributed by atoms with Gasteiger partial charge in [-0.15, -0.1) is 0 Å². The lowest BCUT2D eigenvalue weighted by atomic mass is 10.8. The van der Waals surface area contributed by atoms with Gasteiger partial charge >= 0.3 is 11.4 Å². The van der Waals surface area contributed by atoms with E-state index in [4.69, 9.17) is 11.6 Å². The summed E-state index contributed by atoms with van der Waals surface area (Å²) in [4.78, 5) is 19.7. The number of esters is 1. The molecule has 0 aromatic rings. The maximum absolute atomic E-state index is 9.97. The fourth-order valence-corrected chi connectivity index (χ4v) is 0.203. The molecule has 0 radical (unpaired) electrons. The summed E-state index contributed by atoms with van der Waals surface area (Å²) in [6, 6.07) is 0. The number of rotatable bonds is 2. The average Bonchev–Trinajstić information content (AvgIpc) is 1.63. The van der Waals surface area contributed by atoms with Crippen molar-refractivity contribution in [1.29, 1.82) is 0 Å². The molecule has 0 saturated carbocycles. The number of ether oxygens (including phenoxy) is 2. The highest BCUT2D eigenvalue weighted by Gasteiger charge is 1.95. The van der Waals surface area contributed by atoms with E-state index in [1.54, 1.807) is 0 Å². The second-order valence-electron chi connectivity index (χ2n) is 1.14. The van der Waals surface area contributed by atoms with Crippen molar-refractivity contribution in [3.63, 3.8) is 0 Å². The van der Waals surface area contributed by atoms with Crippen LogP contribution in [0.4, 0.5) is 4.79 Å². The normalized spacial score (nSPS) is 8.22. The van der Waals surface area contributed by atoms with Crippen LogP contribution in [-0.4, -0.2) is 18.2 Å². The standard InChI is InChI=1S/C4H5ClO4/c1-3(6)8-2-9-4(5)7/h2H2,1H3. The third-order valence-electron chi connectivity index (χ3n) is 0.435. The Labute approximate surface area is 56.7 Å². The molecule has 0 aliphatic rings. The molecule has 9 heavy (non-hydrogen) atoms. The molecule has 5 heteroatoms. The molecule has 0 aliphatic heterocycles. The predicted molar refractivity (Wildman–Crippen MR) is 29.0 cm³/mol. The molecule has 0 heterocycles. The first-order chi connectivity index (χ1) is 4.13. The van der Waals surface area contributed by atoms with Crippen LogP contribution in [0.15, 0.2) is 0 Å². The highest BCUT2D eigenvalue weighted by atomic mass is 35.5. The molecule has 0 fully saturated rings. The van der Waals surface area contributed by atoms with E-state index in [1.807, 2.05) is 0 Å². The summed E-state index contributed by atoms with van der Waals surface area (Å²) in [5.74, 6) is -0.520. The molecular formula is C4H5ClO4. The van der Waals surface area contributed by atoms with Gasteiger partial charge < -0.3 is 9.47 Å². The van der Waals surface area contributed by atoms with Crippen LogP contribution in [0.5, 0.6) is 0 Å². The lowest BCUT2D eigenvalue weighted by Gasteiger charge is -1.97. The van der Waals surface area contributed by atoms with Gasteiger partial charge in [0.05, 0.1) is 0 Å². The van der Waals surface area contributed by atoms with E-state index in [-0.39, 0.29) is 0 Å². The van der Waals surface area contributed by atoms with Crippen molar-refractivity contribution in [2.75, 3.05) is 6.79 Å². The molecule has 0 bridgehead atoms. The lowest BCUT2D eigenvalue weighted by molar-refractivity contribution is -0.148. The third-order valence-corrected chi connectivity index (χ3v) is 0.544. The maximum atomic E-state index is 9.97. The number of halogens is 1.